The SMILES string of the molecule is Fc1c(F)c(F)c(N2c3cccc4c3B3c5c(cccc5N(c5c(F)c(F)c(F)c(F)c5F)c5cc(N(c6ccccc6)c6ccccc6)cc2c53)-c2ccccc2-4)c(F)c1F. The van der Waals surface area contributed by atoms with Crippen LogP contribution in [0.3, 0.4) is 0 Å². The largest absolute Gasteiger partial charge is 0.310 e. The van der Waals surface area contributed by atoms with Crippen molar-refractivity contribution in [1.29, 1.82) is 0 Å². The topological polar surface area (TPSA) is 9.72 Å². The molecule has 14 heteroatoms. The molecule has 3 aliphatic rings. The summed E-state index contributed by atoms with van der Waals surface area (Å²) < 4.78 is 157. The van der Waals surface area contributed by atoms with Gasteiger partial charge in [0.05, 0.1) is 5.69 Å². The summed E-state index contributed by atoms with van der Waals surface area (Å²) in [5.41, 5.74) is 0.686. The molecule has 0 saturated heterocycles. The van der Waals surface area contributed by atoms with E-state index in [9.17, 15) is 8.78 Å². The fourth-order valence-electron chi connectivity index (χ4n) is 9.28. The normalized spacial score (nSPS) is 12.9. The maximum Gasteiger partial charge on any atom is 0.253 e. The minimum Gasteiger partial charge on any atom is -0.310 e. The second kappa shape index (κ2) is 13.5. The number of hydrogen-bond acceptors (Lipinski definition) is 3. The summed E-state index contributed by atoms with van der Waals surface area (Å²) in [7, 11) is 0. The van der Waals surface area contributed by atoms with Crippen LogP contribution in [0.5, 0.6) is 0 Å². The third-order valence-electron chi connectivity index (χ3n) is 11.7. The summed E-state index contributed by atoms with van der Waals surface area (Å²) in [5, 5.41) is 0. The van der Waals surface area contributed by atoms with Gasteiger partial charge in [-0.05, 0) is 87.2 Å². The van der Waals surface area contributed by atoms with Gasteiger partial charge in [0.2, 0.25) is 11.6 Å². The average Bonchev–Trinajstić information content (AvgIpc) is 3.43. The quantitative estimate of drug-likeness (QED) is 0.0740. The molecule has 0 atom stereocenters. The summed E-state index contributed by atoms with van der Waals surface area (Å²) in [5.74, 6) is -22.4. The van der Waals surface area contributed by atoms with Gasteiger partial charge in [0.25, 0.3) is 6.71 Å². The van der Waals surface area contributed by atoms with Crippen LogP contribution in [0.1, 0.15) is 0 Å². The van der Waals surface area contributed by atoms with E-state index in [1.165, 1.54) is 24.3 Å². The lowest BCUT2D eigenvalue weighted by Crippen LogP contribution is -2.62. The van der Waals surface area contributed by atoms with E-state index < -0.39 is 76.3 Å². The monoisotopic (exact) mass is 841 g/mol. The molecule has 0 fully saturated rings. The van der Waals surface area contributed by atoms with Gasteiger partial charge in [-0.3, -0.25) is 0 Å². The lowest BCUT2D eigenvalue weighted by molar-refractivity contribution is 0.380. The van der Waals surface area contributed by atoms with Gasteiger partial charge in [0.1, 0.15) is 11.4 Å². The van der Waals surface area contributed by atoms with E-state index in [1.807, 2.05) is 0 Å². The number of nitrogens with zero attached hydrogens (tertiary/aromatic N) is 3. The van der Waals surface area contributed by atoms with Gasteiger partial charge in [-0.25, -0.2) is 43.9 Å². The van der Waals surface area contributed by atoms with Crippen LogP contribution in [0, 0.1) is 58.2 Å². The van der Waals surface area contributed by atoms with E-state index >= 15 is 35.1 Å². The minimum atomic E-state index is -2.40. The van der Waals surface area contributed by atoms with Crippen molar-refractivity contribution in [3.05, 3.63) is 192 Å². The van der Waals surface area contributed by atoms with Crippen LogP contribution in [-0.2, 0) is 0 Å². The van der Waals surface area contributed by atoms with E-state index in [-0.39, 0.29) is 33.9 Å². The molecule has 0 saturated carbocycles. The van der Waals surface area contributed by atoms with Crippen LogP contribution in [0.2, 0.25) is 0 Å². The number of anilines is 9. The molecule has 0 unspecified atom stereocenters. The molecule has 0 amide bonds. The summed E-state index contributed by atoms with van der Waals surface area (Å²) in [4.78, 5) is 3.41. The van der Waals surface area contributed by atoms with Crippen molar-refractivity contribution in [2.45, 2.75) is 0 Å². The molecule has 0 radical (unpaired) electrons. The van der Waals surface area contributed by atoms with Gasteiger partial charge in [-0.2, -0.15) is 0 Å². The molecule has 3 nitrogen and oxygen atoms in total. The summed E-state index contributed by atoms with van der Waals surface area (Å²) in [6.07, 6.45) is 0. The van der Waals surface area contributed by atoms with Crippen molar-refractivity contribution < 1.29 is 43.9 Å². The van der Waals surface area contributed by atoms with Crippen molar-refractivity contribution >= 4 is 74.3 Å². The highest BCUT2D eigenvalue weighted by atomic mass is 19.2. The Morgan fingerprint density at radius 2 is 0.645 bits per heavy atom. The van der Waals surface area contributed by atoms with Crippen molar-refractivity contribution in [2.75, 3.05) is 14.7 Å². The lowest BCUT2D eigenvalue weighted by atomic mass is 9.32. The fourth-order valence-corrected chi connectivity index (χ4v) is 9.28. The number of para-hydroxylation sites is 2. The summed E-state index contributed by atoms with van der Waals surface area (Å²) in [6.45, 7) is -1.02. The number of benzene rings is 8. The van der Waals surface area contributed by atoms with E-state index in [0.717, 1.165) is 9.80 Å². The molecule has 0 spiro atoms. The second-order valence-electron chi connectivity index (χ2n) is 14.9. The number of halogens is 10. The van der Waals surface area contributed by atoms with Crippen LogP contribution >= 0.6 is 0 Å². The number of rotatable bonds is 5. The zero-order valence-corrected chi connectivity index (χ0v) is 31.4. The molecular formula is C48H22BF10N3. The van der Waals surface area contributed by atoms with Crippen molar-refractivity contribution in [3.8, 4) is 22.3 Å². The number of fused-ring (bicyclic) bond motifs is 3. The van der Waals surface area contributed by atoms with Crippen LogP contribution in [0.4, 0.5) is 95.1 Å². The Balaban J connectivity index is 1.37. The summed E-state index contributed by atoms with van der Waals surface area (Å²) >= 11 is 0. The lowest BCUT2D eigenvalue weighted by Gasteiger charge is -2.45. The Hall–Kier alpha value is -7.48. The Morgan fingerprint density at radius 1 is 0.306 bits per heavy atom. The van der Waals surface area contributed by atoms with Crippen LogP contribution in [-0.4, -0.2) is 6.71 Å². The van der Waals surface area contributed by atoms with Crippen molar-refractivity contribution in [2.24, 2.45) is 0 Å². The zero-order chi connectivity index (χ0) is 42.9. The highest BCUT2D eigenvalue weighted by Crippen LogP contribution is 2.53. The van der Waals surface area contributed by atoms with Crippen LogP contribution in [0.25, 0.3) is 22.3 Å². The first-order valence-corrected chi connectivity index (χ1v) is 19.1. The molecule has 0 aromatic heterocycles. The smallest absolute Gasteiger partial charge is 0.253 e. The molecule has 0 aliphatic carbocycles. The first-order valence-electron chi connectivity index (χ1n) is 19.1. The first kappa shape index (κ1) is 37.5. The predicted octanol–water partition coefficient (Wildman–Crippen LogP) is 12.3. The molecule has 8 aromatic rings. The van der Waals surface area contributed by atoms with E-state index in [0.29, 0.717) is 44.6 Å². The standard InChI is InChI=1S/C48H22BF10N3/c50-37-39(52)43(56)47(44(57)40(37)53)61-30-19-9-17-28-26-15-7-8-16-27(26)29-18-10-20-31-35(29)49(34(28)30)36-32(61)21-25(60(23-11-3-1-4-12-23)24-13-5-2-6-14-24)22-33(36)62(31)48-45(58)41(54)38(51)42(55)46(48)59/h1-22H. The maximum atomic E-state index is 16.5. The summed E-state index contributed by atoms with van der Waals surface area (Å²) in [6, 6.07) is 36.6. The molecule has 0 N–H and O–H groups in total. The molecule has 3 heterocycles. The number of hydrogen-bond donors (Lipinski definition) is 0. The Labute approximate surface area is 346 Å². The average molecular weight is 842 g/mol. The molecule has 302 valence electrons. The zero-order valence-electron chi connectivity index (χ0n) is 31.4. The third kappa shape index (κ3) is 4.97. The molecule has 11 rings (SSSR count). The van der Waals surface area contributed by atoms with E-state index in [2.05, 4.69) is 0 Å². The Morgan fingerprint density at radius 3 is 1.03 bits per heavy atom. The van der Waals surface area contributed by atoms with Crippen molar-refractivity contribution in [3.63, 3.8) is 0 Å². The van der Waals surface area contributed by atoms with E-state index in [1.54, 1.807) is 114 Å². The first-order chi connectivity index (χ1) is 30.0. The molecule has 3 aliphatic heterocycles. The van der Waals surface area contributed by atoms with Gasteiger partial charge >= 0.3 is 0 Å². The minimum absolute atomic E-state index is 0.000538. The van der Waals surface area contributed by atoms with Gasteiger partial charge in [-0.15, -0.1) is 0 Å². The van der Waals surface area contributed by atoms with Crippen LogP contribution < -0.4 is 31.1 Å². The molecule has 8 aromatic carbocycles. The molecule has 62 heavy (non-hydrogen) atoms. The third-order valence-corrected chi connectivity index (χ3v) is 11.7. The Kier molecular flexibility index (Phi) is 8.18. The van der Waals surface area contributed by atoms with Crippen molar-refractivity contribution in [1.82, 2.24) is 0 Å². The Bertz CT molecular complexity index is 2970. The highest BCUT2D eigenvalue weighted by Gasteiger charge is 2.50. The van der Waals surface area contributed by atoms with Gasteiger partial charge in [0.15, 0.2) is 46.5 Å². The van der Waals surface area contributed by atoms with Gasteiger partial charge < -0.3 is 14.7 Å². The fraction of sp³-hybridized carbons (Fsp3) is 0. The maximum absolute atomic E-state index is 16.5. The second-order valence-corrected chi connectivity index (χ2v) is 14.9. The molecule has 0 bridgehead atoms. The van der Waals surface area contributed by atoms with E-state index in [4.69, 9.17) is 0 Å². The van der Waals surface area contributed by atoms with Gasteiger partial charge in [0, 0.05) is 34.1 Å². The van der Waals surface area contributed by atoms with Gasteiger partial charge in [-0.1, -0.05) is 84.9 Å². The predicted molar refractivity (Wildman–Crippen MR) is 219 cm³/mol. The molecular weight excluding hydrogens is 819 g/mol. The van der Waals surface area contributed by atoms with Crippen LogP contribution in [0.15, 0.2) is 133 Å². The highest BCUT2D eigenvalue weighted by molar-refractivity contribution is 7.02.